The van der Waals surface area contributed by atoms with Crippen molar-refractivity contribution in [3.8, 4) is 39.1 Å². The van der Waals surface area contributed by atoms with Crippen LogP contribution >= 0.6 is 0 Å². The maximum Gasteiger partial charge on any atom is 0.136 e. The average Bonchev–Trinajstić information content (AvgIpc) is 3.93. The van der Waals surface area contributed by atoms with Crippen LogP contribution in [0.1, 0.15) is 0 Å². The van der Waals surface area contributed by atoms with Crippen molar-refractivity contribution in [3.63, 3.8) is 0 Å². The average molecular weight is 829 g/mol. The molecule has 13 aromatic rings. The summed E-state index contributed by atoms with van der Waals surface area (Å²) in [5, 5.41) is 9.71. The van der Waals surface area contributed by atoms with Gasteiger partial charge in [-0.3, -0.25) is 0 Å². The highest BCUT2D eigenvalue weighted by molar-refractivity contribution is 6.16. The van der Waals surface area contributed by atoms with Gasteiger partial charge in [0.1, 0.15) is 11.2 Å². The minimum Gasteiger partial charge on any atom is -0.456 e. The summed E-state index contributed by atoms with van der Waals surface area (Å²) in [4.78, 5) is 2.43. The smallest absolute Gasteiger partial charge is 0.136 e. The number of furan rings is 1. The Morgan fingerprint density at radius 2 is 0.923 bits per heavy atom. The molecule has 0 N–H and O–H groups in total. The topological polar surface area (TPSA) is 21.3 Å². The largest absolute Gasteiger partial charge is 0.456 e. The lowest BCUT2D eigenvalue weighted by Gasteiger charge is -2.29. The van der Waals surface area contributed by atoms with Gasteiger partial charge in [-0.05, 0) is 122 Å². The second-order valence-corrected chi connectivity index (χ2v) is 16.8. The van der Waals surface area contributed by atoms with Crippen molar-refractivity contribution in [1.29, 1.82) is 0 Å². The number of benzene rings is 11. The van der Waals surface area contributed by atoms with Gasteiger partial charge in [0.2, 0.25) is 0 Å². The zero-order valence-electron chi connectivity index (χ0n) is 35.4. The number of hydrogen-bond donors (Lipinski definition) is 0. The Morgan fingerprint density at radius 1 is 0.323 bits per heavy atom. The molecule has 11 aromatic carbocycles. The molecule has 0 aliphatic carbocycles. The summed E-state index contributed by atoms with van der Waals surface area (Å²) in [6.07, 6.45) is 0. The van der Waals surface area contributed by atoms with E-state index in [9.17, 15) is 0 Å². The lowest BCUT2D eigenvalue weighted by atomic mass is 9.92. The van der Waals surface area contributed by atoms with Gasteiger partial charge in [0.25, 0.3) is 0 Å². The van der Waals surface area contributed by atoms with E-state index >= 15 is 0 Å². The minimum atomic E-state index is 0.886. The molecule has 0 saturated heterocycles. The predicted octanol–water partition coefficient (Wildman–Crippen LogP) is 17.5. The lowest BCUT2D eigenvalue weighted by Crippen LogP contribution is -2.11. The zero-order chi connectivity index (χ0) is 42.8. The van der Waals surface area contributed by atoms with Crippen molar-refractivity contribution < 1.29 is 4.42 Å². The van der Waals surface area contributed by atoms with Crippen molar-refractivity contribution in [2.45, 2.75) is 0 Å². The Hall–Kier alpha value is -8.66. The molecule has 2 heterocycles. The van der Waals surface area contributed by atoms with E-state index in [2.05, 4.69) is 246 Å². The molecule has 0 amide bonds. The van der Waals surface area contributed by atoms with Gasteiger partial charge in [0.15, 0.2) is 0 Å². The van der Waals surface area contributed by atoms with Crippen LogP contribution in [-0.2, 0) is 0 Å². The molecule has 0 aliphatic rings. The van der Waals surface area contributed by atoms with Gasteiger partial charge in [-0.1, -0.05) is 170 Å². The standard InChI is InChI=1S/C62H40N2O/c1-2-21-48-44(16-1)40-56(51-23-4-3-22-50(48)51)54-26-7-9-29-57(54)63(46-19-14-18-43(39-46)49-28-15-33-61-62(49)55-27-8-12-32-60(55)65-61)45-36-34-41(35-37-45)42-17-13-20-47(38-42)64-58-30-10-5-24-52(58)53-25-6-11-31-59(53)64/h1-40H. The highest BCUT2D eigenvalue weighted by atomic mass is 16.3. The number of rotatable bonds is 7. The van der Waals surface area contributed by atoms with E-state index in [4.69, 9.17) is 4.42 Å². The normalized spacial score (nSPS) is 11.7. The molecule has 0 saturated carbocycles. The third-order valence-corrected chi connectivity index (χ3v) is 13.2. The first kappa shape index (κ1) is 36.9. The number of fused-ring (bicyclic) bond motifs is 9. The Bertz CT molecular complexity index is 3910. The highest BCUT2D eigenvalue weighted by Gasteiger charge is 2.21. The second kappa shape index (κ2) is 15.0. The first-order valence-corrected chi connectivity index (χ1v) is 22.2. The van der Waals surface area contributed by atoms with Crippen molar-refractivity contribution in [2.24, 2.45) is 0 Å². The lowest BCUT2D eigenvalue weighted by molar-refractivity contribution is 0.669. The number of anilines is 3. The summed E-state index contributed by atoms with van der Waals surface area (Å²) in [6, 6.07) is 87.8. The van der Waals surface area contributed by atoms with Gasteiger partial charge in [-0.15, -0.1) is 0 Å². The van der Waals surface area contributed by atoms with Gasteiger partial charge < -0.3 is 13.9 Å². The summed E-state index contributed by atoms with van der Waals surface area (Å²) in [6.45, 7) is 0. The predicted molar refractivity (Wildman–Crippen MR) is 274 cm³/mol. The Kier molecular flexibility index (Phi) is 8.53. The van der Waals surface area contributed by atoms with E-state index in [1.54, 1.807) is 0 Å². The van der Waals surface area contributed by atoms with Crippen LogP contribution in [0.2, 0.25) is 0 Å². The molecule has 0 atom stereocenters. The van der Waals surface area contributed by atoms with Crippen LogP contribution in [0, 0.1) is 0 Å². The molecule has 0 unspecified atom stereocenters. The van der Waals surface area contributed by atoms with Gasteiger partial charge >= 0.3 is 0 Å². The second-order valence-electron chi connectivity index (χ2n) is 16.8. The molecule has 0 spiro atoms. The molecule has 3 nitrogen and oxygen atoms in total. The molecule has 0 fully saturated rings. The molecule has 13 rings (SSSR count). The van der Waals surface area contributed by atoms with Crippen LogP contribution < -0.4 is 4.90 Å². The van der Waals surface area contributed by atoms with Crippen LogP contribution in [0.4, 0.5) is 17.1 Å². The Morgan fingerprint density at radius 3 is 1.74 bits per heavy atom. The molecule has 3 heteroatoms. The SMILES string of the molecule is c1cc(-c2cccc3oc4ccccc4c23)cc(N(c2ccc(-c3cccc(-n4c5ccccc5c5ccccc54)c3)cc2)c2ccccc2-c2cc3ccccc3c3ccccc23)c1. The van der Waals surface area contributed by atoms with Crippen LogP contribution in [0.3, 0.4) is 0 Å². The Labute approximate surface area is 376 Å². The Balaban J connectivity index is 0.983. The van der Waals surface area contributed by atoms with E-state index in [1.807, 2.05) is 6.07 Å². The highest BCUT2D eigenvalue weighted by Crippen LogP contribution is 2.46. The number of hydrogen-bond acceptors (Lipinski definition) is 2. The van der Waals surface area contributed by atoms with Crippen molar-refractivity contribution in [3.05, 3.63) is 243 Å². The van der Waals surface area contributed by atoms with E-state index in [1.165, 1.54) is 48.9 Å². The summed E-state index contributed by atoms with van der Waals surface area (Å²) >= 11 is 0. The third-order valence-electron chi connectivity index (χ3n) is 13.2. The monoisotopic (exact) mass is 828 g/mol. The fourth-order valence-corrected chi connectivity index (χ4v) is 10.3. The maximum atomic E-state index is 6.36. The van der Waals surface area contributed by atoms with E-state index in [0.29, 0.717) is 0 Å². The third kappa shape index (κ3) is 6.05. The van der Waals surface area contributed by atoms with Crippen LogP contribution in [-0.4, -0.2) is 4.57 Å². The van der Waals surface area contributed by atoms with E-state index in [-0.39, 0.29) is 0 Å². The van der Waals surface area contributed by atoms with E-state index < -0.39 is 0 Å². The zero-order valence-corrected chi connectivity index (χ0v) is 35.4. The first-order valence-electron chi connectivity index (χ1n) is 22.2. The fraction of sp³-hybridized carbons (Fsp3) is 0. The quantitative estimate of drug-likeness (QED) is 0.149. The number of nitrogens with zero attached hydrogens (tertiary/aromatic N) is 2. The number of para-hydroxylation sites is 4. The first-order chi connectivity index (χ1) is 32.2. The number of aromatic nitrogens is 1. The van der Waals surface area contributed by atoms with Gasteiger partial charge in [0, 0.05) is 44.2 Å². The molecule has 304 valence electrons. The van der Waals surface area contributed by atoms with E-state index in [0.717, 1.165) is 72.5 Å². The van der Waals surface area contributed by atoms with Crippen LogP contribution in [0.15, 0.2) is 247 Å². The molecule has 0 aliphatic heterocycles. The van der Waals surface area contributed by atoms with Crippen molar-refractivity contribution in [2.75, 3.05) is 4.90 Å². The molecule has 0 bridgehead atoms. The van der Waals surface area contributed by atoms with Crippen LogP contribution in [0.25, 0.3) is 104 Å². The molecule has 0 radical (unpaired) electrons. The van der Waals surface area contributed by atoms with Gasteiger partial charge in [0.05, 0.1) is 16.7 Å². The summed E-state index contributed by atoms with van der Waals surface area (Å²) in [5.41, 5.74) is 15.5. The van der Waals surface area contributed by atoms with Crippen LogP contribution in [0.5, 0.6) is 0 Å². The molecule has 65 heavy (non-hydrogen) atoms. The molecule has 2 aromatic heterocycles. The maximum absolute atomic E-state index is 6.36. The summed E-state index contributed by atoms with van der Waals surface area (Å²) in [7, 11) is 0. The van der Waals surface area contributed by atoms with Gasteiger partial charge in [-0.2, -0.15) is 0 Å². The van der Waals surface area contributed by atoms with Gasteiger partial charge in [-0.25, -0.2) is 0 Å². The minimum absolute atomic E-state index is 0.886. The van der Waals surface area contributed by atoms with Crippen molar-refractivity contribution in [1.82, 2.24) is 4.57 Å². The summed E-state index contributed by atoms with van der Waals surface area (Å²) < 4.78 is 8.75. The van der Waals surface area contributed by atoms with Crippen molar-refractivity contribution >= 4 is 82.4 Å². The fourth-order valence-electron chi connectivity index (χ4n) is 10.3. The molecular formula is C62H40N2O. The summed E-state index contributed by atoms with van der Waals surface area (Å²) in [5.74, 6) is 0. The molecular weight excluding hydrogens is 789 g/mol.